The molecule has 5 aromatic rings. The summed E-state index contributed by atoms with van der Waals surface area (Å²) in [7, 11) is 1.91. The van der Waals surface area contributed by atoms with E-state index in [2.05, 4.69) is 27.6 Å². The van der Waals surface area contributed by atoms with Crippen molar-refractivity contribution < 1.29 is 4.74 Å². The molecule has 152 valence electrons. The number of hydrogen-bond acceptors (Lipinski definition) is 5. The summed E-state index contributed by atoms with van der Waals surface area (Å²) in [6.07, 6.45) is 9.81. The molecule has 5 nitrogen and oxygen atoms in total. The van der Waals surface area contributed by atoms with Crippen LogP contribution in [0.15, 0.2) is 78.6 Å². The number of para-hydroxylation sites is 1. The van der Waals surface area contributed by atoms with Crippen molar-refractivity contribution in [1.82, 2.24) is 14.8 Å². The van der Waals surface area contributed by atoms with E-state index in [1.165, 1.54) is 0 Å². The number of anilines is 1. The lowest BCUT2D eigenvalue weighted by Gasteiger charge is -2.05. The minimum absolute atomic E-state index is 0.537. The van der Waals surface area contributed by atoms with Crippen LogP contribution in [0.2, 0.25) is 0 Å². The summed E-state index contributed by atoms with van der Waals surface area (Å²) in [6, 6.07) is 17.8. The number of fused-ring (bicyclic) bond motifs is 1. The molecule has 0 aliphatic carbocycles. The molecule has 0 bridgehead atoms. The largest absolute Gasteiger partial charge is 0.457 e. The highest BCUT2D eigenvalue weighted by atomic mass is 32.1. The number of aryl methyl sites for hydroxylation is 1. The number of nitrogens with two attached hydrogens (primary N) is 1. The van der Waals surface area contributed by atoms with E-state index in [9.17, 15) is 0 Å². The molecular weight excluding hydrogens is 404 g/mol. The molecule has 0 fully saturated rings. The molecule has 2 aromatic carbocycles. The van der Waals surface area contributed by atoms with E-state index >= 15 is 0 Å². The van der Waals surface area contributed by atoms with Crippen LogP contribution in [0.5, 0.6) is 11.5 Å². The third-order valence-corrected chi connectivity index (χ3v) is 6.01. The van der Waals surface area contributed by atoms with Crippen molar-refractivity contribution in [2.45, 2.75) is 0 Å². The number of rotatable bonds is 5. The fourth-order valence-electron chi connectivity index (χ4n) is 3.44. The number of aromatic nitrogens is 3. The maximum absolute atomic E-state index is 6.24. The van der Waals surface area contributed by atoms with Crippen LogP contribution in [0.25, 0.3) is 33.4 Å². The highest BCUT2D eigenvalue weighted by Crippen LogP contribution is 2.38. The van der Waals surface area contributed by atoms with Gasteiger partial charge in [-0.3, -0.25) is 4.68 Å². The first kappa shape index (κ1) is 19.1. The van der Waals surface area contributed by atoms with Gasteiger partial charge in [-0.1, -0.05) is 42.5 Å². The molecule has 0 saturated carbocycles. The normalized spacial score (nSPS) is 11.4. The zero-order valence-electron chi connectivity index (χ0n) is 16.9. The number of pyridine rings is 1. The summed E-state index contributed by atoms with van der Waals surface area (Å²) in [5.74, 6) is 2.16. The van der Waals surface area contributed by atoms with E-state index in [-0.39, 0.29) is 0 Å². The number of benzene rings is 2. The molecule has 0 atom stereocenters. The minimum atomic E-state index is 0.537. The summed E-state index contributed by atoms with van der Waals surface area (Å²) >= 11 is 1.67. The Labute approximate surface area is 184 Å². The van der Waals surface area contributed by atoms with Crippen molar-refractivity contribution in [2.75, 3.05) is 5.73 Å². The Kier molecular flexibility index (Phi) is 4.98. The summed E-state index contributed by atoms with van der Waals surface area (Å²) in [6.45, 7) is 0. The van der Waals surface area contributed by atoms with Gasteiger partial charge in [-0.05, 0) is 40.8 Å². The quantitative estimate of drug-likeness (QED) is 0.363. The third-order valence-electron chi connectivity index (χ3n) is 4.98. The predicted octanol–water partition coefficient (Wildman–Crippen LogP) is 6.24. The van der Waals surface area contributed by atoms with Gasteiger partial charge in [0.25, 0.3) is 0 Å². The van der Waals surface area contributed by atoms with Crippen LogP contribution in [-0.4, -0.2) is 14.8 Å². The second kappa shape index (κ2) is 8.08. The van der Waals surface area contributed by atoms with Crippen molar-refractivity contribution in [3.63, 3.8) is 0 Å². The topological polar surface area (TPSA) is 66.0 Å². The average molecular weight is 425 g/mol. The Balaban J connectivity index is 1.41. The van der Waals surface area contributed by atoms with Gasteiger partial charge >= 0.3 is 0 Å². The number of ether oxygens (including phenoxy) is 1. The van der Waals surface area contributed by atoms with Gasteiger partial charge in [0.05, 0.1) is 6.20 Å². The van der Waals surface area contributed by atoms with Gasteiger partial charge in [-0.2, -0.15) is 5.10 Å². The van der Waals surface area contributed by atoms with Crippen molar-refractivity contribution in [3.8, 4) is 22.6 Å². The SMILES string of the molecule is Cn1cc(-c2cnc(N)c3c(C=Cc4ccc(Oc5ccccc5)cc4)csc23)cn1. The Morgan fingerprint density at radius 2 is 1.74 bits per heavy atom. The van der Waals surface area contributed by atoms with Crippen LogP contribution >= 0.6 is 11.3 Å². The molecule has 3 heterocycles. The summed E-state index contributed by atoms with van der Waals surface area (Å²) in [4.78, 5) is 4.43. The number of nitrogen functional groups attached to an aromatic ring is 1. The minimum Gasteiger partial charge on any atom is -0.457 e. The van der Waals surface area contributed by atoms with Crippen molar-refractivity contribution in [1.29, 1.82) is 0 Å². The molecule has 0 aliphatic heterocycles. The first-order valence-electron chi connectivity index (χ1n) is 9.83. The second-order valence-corrected chi connectivity index (χ2v) is 8.05. The lowest BCUT2D eigenvalue weighted by Crippen LogP contribution is -1.92. The molecule has 0 unspecified atom stereocenters. The third kappa shape index (κ3) is 3.93. The fraction of sp³-hybridized carbons (Fsp3) is 0.0400. The van der Waals surface area contributed by atoms with Gasteiger partial charge in [0.15, 0.2) is 0 Å². The zero-order valence-corrected chi connectivity index (χ0v) is 17.7. The van der Waals surface area contributed by atoms with Gasteiger partial charge in [0.1, 0.15) is 17.3 Å². The summed E-state index contributed by atoms with van der Waals surface area (Å²) in [5, 5.41) is 7.37. The van der Waals surface area contributed by atoms with E-state index in [4.69, 9.17) is 10.5 Å². The number of hydrogen-bond donors (Lipinski definition) is 1. The first-order valence-corrected chi connectivity index (χ1v) is 10.7. The molecule has 0 amide bonds. The predicted molar refractivity (Wildman–Crippen MR) is 128 cm³/mol. The Bertz CT molecular complexity index is 1370. The van der Waals surface area contributed by atoms with Crippen molar-refractivity contribution >= 4 is 39.4 Å². The van der Waals surface area contributed by atoms with E-state index in [1.807, 2.05) is 80.2 Å². The monoisotopic (exact) mass is 424 g/mol. The molecule has 5 rings (SSSR count). The molecule has 0 aliphatic rings. The first-order chi connectivity index (χ1) is 15.2. The Hall–Kier alpha value is -3.90. The molecule has 31 heavy (non-hydrogen) atoms. The highest BCUT2D eigenvalue weighted by molar-refractivity contribution is 7.18. The lowest BCUT2D eigenvalue weighted by atomic mass is 10.1. The summed E-state index contributed by atoms with van der Waals surface area (Å²) < 4.78 is 8.77. The van der Waals surface area contributed by atoms with E-state index in [1.54, 1.807) is 16.0 Å². The van der Waals surface area contributed by atoms with Crippen LogP contribution in [0.4, 0.5) is 5.82 Å². The van der Waals surface area contributed by atoms with Gasteiger partial charge < -0.3 is 10.5 Å². The van der Waals surface area contributed by atoms with E-state index < -0.39 is 0 Å². The fourth-order valence-corrected chi connectivity index (χ4v) is 4.52. The Morgan fingerprint density at radius 1 is 0.968 bits per heavy atom. The van der Waals surface area contributed by atoms with Gasteiger partial charge in [0.2, 0.25) is 0 Å². The maximum atomic E-state index is 6.24. The van der Waals surface area contributed by atoms with Gasteiger partial charge in [-0.25, -0.2) is 4.98 Å². The van der Waals surface area contributed by atoms with E-state index in [0.29, 0.717) is 5.82 Å². The van der Waals surface area contributed by atoms with Crippen LogP contribution in [0, 0.1) is 0 Å². The molecule has 0 saturated heterocycles. The van der Waals surface area contributed by atoms with Crippen molar-refractivity contribution in [3.05, 3.63) is 89.7 Å². The molecule has 6 heteroatoms. The Morgan fingerprint density at radius 3 is 2.48 bits per heavy atom. The highest BCUT2D eigenvalue weighted by Gasteiger charge is 2.13. The maximum Gasteiger partial charge on any atom is 0.132 e. The standard InChI is InChI=1S/C25H20N4OS/c1-29-15-19(13-28-29)22-14-27-25(26)23-18(16-31-24(22)23)10-7-17-8-11-21(12-9-17)30-20-5-3-2-4-6-20/h2-16H,1H3,(H2,26,27). The second-order valence-electron chi connectivity index (χ2n) is 7.17. The van der Waals surface area contributed by atoms with Crippen molar-refractivity contribution in [2.24, 2.45) is 7.05 Å². The smallest absolute Gasteiger partial charge is 0.132 e. The van der Waals surface area contributed by atoms with Gasteiger partial charge in [-0.15, -0.1) is 11.3 Å². The summed E-state index contributed by atoms with van der Waals surface area (Å²) in [5.41, 5.74) is 10.5. The molecule has 0 spiro atoms. The van der Waals surface area contributed by atoms with Crippen LogP contribution in [0.3, 0.4) is 0 Å². The average Bonchev–Trinajstić information content (AvgIpc) is 3.41. The molecule has 3 aromatic heterocycles. The molecule has 0 radical (unpaired) electrons. The number of thiophene rings is 1. The molecule has 2 N–H and O–H groups in total. The van der Waals surface area contributed by atoms with Crippen LogP contribution in [-0.2, 0) is 7.05 Å². The van der Waals surface area contributed by atoms with Gasteiger partial charge in [0, 0.05) is 40.7 Å². The number of nitrogens with zero attached hydrogens (tertiary/aromatic N) is 3. The van der Waals surface area contributed by atoms with Crippen LogP contribution in [0.1, 0.15) is 11.1 Å². The van der Waals surface area contributed by atoms with E-state index in [0.717, 1.165) is 43.8 Å². The zero-order chi connectivity index (χ0) is 21.2. The molecular formula is C25H20N4OS. The lowest BCUT2D eigenvalue weighted by molar-refractivity contribution is 0.482. The van der Waals surface area contributed by atoms with Crippen LogP contribution < -0.4 is 10.5 Å².